The summed E-state index contributed by atoms with van der Waals surface area (Å²) in [7, 11) is 0. The third-order valence-electron chi connectivity index (χ3n) is 3.91. The number of benzene rings is 1. The van der Waals surface area contributed by atoms with Crippen molar-refractivity contribution in [2.45, 2.75) is 56.1 Å². The Balaban J connectivity index is 1.94. The Morgan fingerprint density at radius 3 is 2.61 bits per heavy atom. The zero-order valence-corrected chi connectivity index (χ0v) is 12.1. The fraction of sp³-hybridized carbons (Fsp3) is 0.562. The first-order valence-corrected chi connectivity index (χ1v) is 7.84. The second-order valence-electron chi connectivity index (χ2n) is 5.25. The van der Waals surface area contributed by atoms with Crippen LogP contribution >= 0.6 is 11.8 Å². The van der Waals surface area contributed by atoms with Crippen molar-refractivity contribution in [1.82, 2.24) is 0 Å². The maximum Gasteiger partial charge on any atom is 0.159 e. The number of carbonyl (C=O) groups is 1. The monoisotopic (exact) mass is 262 g/mol. The number of hydrogen-bond acceptors (Lipinski definition) is 2. The summed E-state index contributed by atoms with van der Waals surface area (Å²) in [5.41, 5.74) is 0.835. The molecule has 2 heteroatoms. The number of hydrogen-bond donors (Lipinski definition) is 0. The third-order valence-corrected chi connectivity index (χ3v) is 5.25. The van der Waals surface area contributed by atoms with Crippen molar-refractivity contribution in [2.75, 3.05) is 0 Å². The average Bonchev–Trinajstić information content (AvgIpc) is 2.40. The molecule has 0 spiro atoms. The zero-order valence-electron chi connectivity index (χ0n) is 11.3. The van der Waals surface area contributed by atoms with Gasteiger partial charge in [-0.2, -0.15) is 0 Å². The predicted molar refractivity (Wildman–Crippen MR) is 78.3 cm³/mol. The van der Waals surface area contributed by atoms with E-state index in [1.54, 1.807) is 6.92 Å². The largest absolute Gasteiger partial charge is 0.295 e. The van der Waals surface area contributed by atoms with Crippen LogP contribution in [0, 0.1) is 5.92 Å². The minimum atomic E-state index is 0.159. The molecule has 0 atom stereocenters. The van der Waals surface area contributed by atoms with Gasteiger partial charge in [0.25, 0.3) is 0 Å². The summed E-state index contributed by atoms with van der Waals surface area (Å²) in [4.78, 5) is 12.6. The Morgan fingerprint density at radius 1 is 1.28 bits per heavy atom. The maximum atomic E-state index is 11.4. The first-order chi connectivity index (χ1) is 8.69. The van der Waals surface area contributed by atoms with Gasteiger partial charge in [0.15, 0.2) is 5.78 Å². The number of Topliss-reactive ketones (excluding diaryl/α,β-unsaturated/α-hetero) is 1. The van der Waals surface area contributed by atoms with Crippen molar-refractivity contribution in [3.8, 4) is 0 Å². The number of ketones is 1. The highest BCUT2D eigenvalue weighted by molar-refractivity contribution is 8.00. The van der Waals surface area contributed by atoms with E-state index in [0.29, 0.717) is 0 Å². The Morgan fingerprint density at radius 2 is 2.00 bits per heavy atom. The third kappa shape index (κ3) is 3.61. The molecule has 1 aromatic rings. The van der Waals surface area contributed by atoms with Crippen LogP contribution in [0.1, 0.15) is 56.3 Å². The number of rotatable bonds is 4. The first-order valence-electron chi connectivity index (χ1n) is 6.96. The molecule has 0 aromatic heterocycles. The molecule has 1 aliphatic rings. The standard InChI is InChI=1S/C16H22OS/c1-3-13-7-9-15(10-8-13)18-16-6-4-5-14(11-16)12(2)17/h4-6,11,13,15H,3,7-10H2,1-2H3. The molecular formula is C16H22OS. The summed E-state index contributed by atoms with van der Waals surface area (Å²) in [5.74, 6) is 1.11. The molecule has 0 amide bonds. The van der Waals surface area contributed by atoms with Crippen LogP contribution in [-0.2, 0) is 0 Å². The highest BCUT2D eigenvalue weighted by Crippen LogP contribution is 2.37. The van der Waals surface area contributed by atoms with Gasteiger partial charge in [0.2, 0.25) is 0 Å². The summed E-state index contributed by atoms with van der Waals surface area (Å²) < 4.78 is 0. The molecule has 0 N–H and O–H groups in total. The molecule has 1 aliphatic carbocycles. The quantitative estimate of drug-likeness (QED) is 0.714. The van der Waals surface area contributed by atoms with Crippen LogP contribution < -0.4 is 0 Å². The van der Waals surface area contributed by atoms with E-state index in [-0.39, 0.29) is 5.78 Å². The molecule has 1 nitrogen and oxygen atoms in total. The van der Waals surface area contributed by atoms with E-state index in [4.69, 9.17) is 0 Å². The van der Waals surface area contributed by atoms with Crippen LogP contribution in [0.3, 0.4) is 0 Å². The lowest BCUT2D eigenvalue weighted by molar-refractivity contribution is 0.101. The summed E-state index contributed by atoms with van der Waals surface area (Å²) in [6.07, 6.45) is 6.74. The highest BCUT2D eigenvalue weighted by Gasteiger charge is 2.20. The fourth-order valence-corrected chi connectivity index (χ4v) is 3.88. The van der Waals surface area contributed by atoms with Gasteiger partial charge < -0.3 is 0 Å². The number of carbonyl (C=O) groups excluding carboxylic acids is 1. The molecule has 0 bridgehead atoms. The SMILES string of the molecule is CCC1CCC(Sc2cccc(C(C)=O)c2)CC1. The zero-order chi connectivity index (χ0) is 13.0. The van der Waals surface area contributed by atoms with E-state index in [2.05, 4.69) is 13.0 Å². The van der Waals surface area contributed by atoms with Gasteiger partial charge >= 0.3 is 0 Å². The fourth-order valence-electron chi connectivity index (χ4n) is 2.64. The Hall–Kier alpha value is -0.760. The minimum absolute atomic E-state index is 0.159. The Kier molecular flexibility index (Phi) is 4.87. The molecule has 0 heterocycles. The highest BCUT2D eigenvalue weighted by atomic mass is 32.2. The molecule has 1 saturated carbocycles. The minimum Gasteiger partial charge on any atom is -0.295 e. The second kappa shape index (κ2) is 6.42. The lowest BCUT2D eigenvalue weighted by Gasteiger charge is -2.27. The lowest BCUT2D eigenvalue weighted by atomic mass is 9.87. The van der Waals surface area contributed by atoms with E-state index in [1.165, 1.54) is 37.0 Å². The van der Waals surface area contributed by atoms with E-state index in [0.717, 1.165) is 16.7 Å². The molecule has 2 rings (SSSR count). The van der Waals surface area contributed by atoms with Gasteiger partial charge in [-0.3, -0.25) is 4.79 Å². The van der Waals surface area contributed by atoms with Crippen molar-refractivity contribution in [1.29, 1.82) is 0 Å². The van der Waals surface area contributed by atoms with Gasteiger partial charge in [-0.25, -0.2) is 0 Å². The van der Waals surface area contributed by atoms with Gasteiger partial charge in [0.05, 0.1) is 0 Å². The van der Waals surface area contributed by atoms with Crippen molar-refractivity contribution < 1.29 is 4.79 Å². The molecule has 0 unspecified atom stereocenters. The molecule has 18 heavy (non-hydrogen) atoms. The summed E-state index contributed by atoms with van der Waals surface area (Å²) in [6, 6.07) is 8.07. The molecule has 0 saturated heterocycles. The molecule has 1 fully saturated rings. The summed E-state index contributed by atoms with van der Waals surface area (Å²) >= 11 is 1.96. The van der Waals surface area contributed by atoms with Crippen LogP contribution in [0.25, 0.3) is 0 Å². The first kappa shape index (κ1) is 13.7. The predicted octanol–water partition coefficient (Wildman–Crippen LogP) is 4.95. The lowest BCUT2D eigenvalue weighted by Crippen LogP contribution is -2.15. The second-order valence-corrected chi connectivity index (χ2v) is 6.63. The van der Waals surface area contributed by atoms with E-state index >= 15 is 0 Å². The van der Waals surface area contributed by atoms with Gasteiger partial charge in [0, 0.05) is 15.7 Å². The molecule has 98 valence electrons. The van der Waals surface area contributed by atoms with Gasteiger partial charge in [-0.1, -0.05) is 25.5 Å². The topological polar surface area (TPSA) is 17.1 Å². The smallest absolute Gasteiger partial charge is 0.159 e. The van der Waals surface area contributed by atoms with Crippen LogP contribution in [-0.4, -0.2) is 11.0 Å². The van der Waals surface area contributed by atoms with E-state index in [1.807, 2.05) is 30.0 Å². The van der Waals surface area contributed by atoms with E-state index in [9.17, 15) is 4.79 Å². The van der Waals surface area contributed by atoms with Gasteiger partial charge in [0.1, 0.15) is 0 Å². The molecular weight excluding hydrogens is 240 g/mol. The number of thioether (sulfide) groups is 1. The van der Waals surface area contributed by atoms with Gasteiger partial charge in [-0.05, 0) is 50.7 Å². The average molecular weight is 262 g/mol. The van der Waals surface area contributed by atoms with Crippen molar-refractivity contribution >= 4 is 17.5 Å². The summed E-state index contributed by atoms with van der Waals surface area (Å²) in [6.45, 7) is 3.94. The Bertz CT molecular complexity index is 405. The van der Waals surface area contributed by atoms with Crippen LogP contribution in [0.5, 0.6) is 0 Å². The van der Waals surface area contributed by atoms with Crippen LogP contribution in [0.2, 0.25) is 0 Å². The van der Waals surface area contributed by atoms with Crippen molar-refractivity contribution in [3.05, 3.63) is 29.8 Å². The van der Waals surface area contributed by atoms with E-state index < -0.39 is 0 Å². The molecule has 1 aromatic carbocycles. The van der Waals surface area contributed by atoms with Crippen molar-refractivity contribution in [3.63, 3.8) is 0 Å². The maximum absolute atomic E-state index is 11.4. The molecule has 0 aliphatic heterocycles. The Labute approximate surface area is 114 Å². The summed E-state index contributed by atoms with van der Waals surface area (Å²) in [5, 5.41) is 0.745. The van der Waals surface area contributed by atoms with Gasteiger partial charge in [-0.15, -0.1) is 11.8 Å². The van der Waals surface area contributed by atoms with Crippen LogP contribution in [0.4, 0.5) is 0 Å². The van der Waals surface area contributed by atoms with Crippen molar-refractivity contribution in [2.24, 2.45) is 5.92 Å². The normalized spacial score (nSPS) is 23.9. The van der Waals surface area contributed by atoms with Crippen LogP contribution in [0.15, 0.2) is 29.2 Å². The molecule has 0 radical (unpaired) electrons.